The molecule has 2 N–H and O–H groups in total. The van der Waals surface area contributed by atoms with E-state index in [0.29, 0.717) is 6.04 Å². The Hall–Kier alpha value is -1.13. The standard InChI is InChI=1S/C16H23N3S/c1-12(13-6-3-2-4-7-13)17-10-14-11-18-19-16(14)15-8-5-9-20-15/h5,8-9,11-13,17H,2-4,6-7,10H2,1H3,(H,18,19)/t12-/m1/s1. The van der Waals surface area contributed by atoms with Crippen molar-refractivity contribution in [1.29, 1.82) is 0 Å². The summed E-state index contributed by atoms with van der Waals surface area (Å²) in [4.78, 5) is 1.27. The summed E-state index contributed by atoms with van der Waals surface area (Å²) in [6.45, 7) is 3.24. The van der Waals surface area contributed by atoms with Gasteiger partial charge in [-0.05, 0) is 37.1 Å². The van der Waals surface area contributed by atoms with Gasteiger partial charge in [0.05, 0.1) is 16.8 Å². The summed E-state index contributed by atoms with van der Waals surface area (Å²) in [5, 5.41) is 13.2. The maximum absolute atomic E-state index is 4.21. The first-order chi connectivity index (χ1) is 9.84. The fraction of sp³-hybridized carbons (Fsp3) is 0.562. The van der Waals surface area contributed by atoms with E-state index in [0.717, 1.165) is 12.5 Å². The van der Waals surface area contributed by atoms with Crippen molar-refractivity contribution in [3.63, 3.8) is 0 Å². The van der Waals surface area contributed by atoms with Crippen molar-refractivity contribution < 1.29 is 0 Å². The lowest BCUT2D eigenvalue weighted by Gasteiger charge is -2.28. The second kappa shape index (κ2) is 6.55. The van der Waals surface area contributed by atoms with Crippen LogP contribution in [0, 0.1) is 5.92 Å². The molecule has 1 fully saturated rings. The van der Waals surface area contributed by atoms with Gasteiger partial charge in [-0.1, -0.05) is 25.3 Å². The van der Waals surface area contributed by atoms with Crippen LogP contribution >= 0.6 is 11.3 Å². The topological polar surface area (TPSA) is 40.7 Å². The maximum atomic E-state index is 4.21. The molecule has 2 aromatic heterocycles. The Morgan fingerprint density at radius 1 is 1.40 bits per heavy atom. The van der Waals surface area contributed by atoms with E-state index < -0.39 is 0 Å². The van der Waals surface area contributed by atoms with Crippen LogP contribution in [0.1, 0.15) is 44.6 Å². The van der Waals surface area contributed by atoms with Crippen LogP contribution in [0.4, 0.5) is 0 Å². The highest BCUT2D eigenvalue weighted by atomic mass is 32.1. The van der Waals surface area contributed by atoms with E-state index >= 15 is 0 Å². The molecule has 3 nitrogen and oxygen atoms in total. The normalized spacial score (nSPS) is 18.2. The van der Waals surface area contributed by atoms with Crippen LogP contribution in [0.5, 0.6) is 0 Å². The lowest BCUT2D eigenvalue weighted by atomic mass is 9.84. The number of hydrogen-bond acceptors (Lipinski definition) is 3. The van der Waals surface area contributed by atoms with E-state index in [1.807, 2.05) is 6.20 Å². The first kappa shape index (κ1) is 13.8. The highest BCUT2D eigenvalue weighted by Gasteiger charge is 2.20. The Balaban J connectivity index is 1.60. The SMILES string of the molecule is C[C@@H](NCc1cn[nH]c1-c1cccs1)C1CCCCC1. The van der Waals surface area contributed by atoms with Crippen LogP contribution in [0.2, 0.25) is 0 Å². The highest BCUT2D eigenvalue weighted by Crippen LogP contribution is 2.28. The Bertz CT molecular complexity index is 512. The van der Waals surface area contributed by atoms with Gasteiger partial charge in [0.15, 0.2) is 0 Å². The minimum absolute atomic E-state index is 0.599. The first-order valence-corrected chi connectivity index (χ1v) is 8.52. The molecule has 20 heavy (non-hydrogen) atoms. The van der Waals surface area contributed by atoms with E-state index in [4.69, 9.17) is 0 Å². The molecule has 1 aliphatic rings. The summed E-state index contributed by atoms with van der Waals surface area (Å²) >= 11 is 1.76. The number of H-pyrrole nitrogens is 1. The van der Waals surface area contributed by atoms with E-state index in [-0.39, 0.29) is 0 Å². The number of aromatic nitrogens is 2. The largest absolute Gasteiger partial charge is 0.310 e. The van der Waals surface area contributed by atoms with Crippen molar-refractivity contribution in [1.82, 2.24) is 15.5 Å². The van der Waals surface area contributed by atoms with Gasteiger partial charge in [-0.2, -0.15) is 5.10 Å². The molecule has 0 bridgehead atoms. The number of hydrogen-bond donors (Lipinski definition) is 2. The third kappa shape index (κ3) is 3.13. The van der Waals surface area contributed by atoms with E-state index in [9.17, 15) is 0 Å². The molecule has 1 atom stereocenters. The smallest absolute Gasteiger partial charge is 0.0794 e. The second-order valence-corrected chi connectivity index (χ2v) is 6.76. The van der Waals surface area contributed by atoms with E-state index in [1.165, 1.54) is 48.2 Å². The van der Waals surface area contributed by atoms with Gasteiger partial charge in [-0.3, -0.25) is 5.10 Å². The van der Waals surface area contributed by atoms with E-state index in [1.54, 1.807) is 11.3 Å². The van der Waals surface area contributed by atoms with Crippen LogP contribution < -0.4 is 5.32 Å². The summed E-state index contributed by atoms with van der Waals surface area (Å²) in [5.41, 5.74) is 2.44. The number of nitrogens with zero attached hydrogens (tertiary/aromatic N) is 1. The monoisotopic (exact) mass is 289 g/mol. The van der Waals surface area contributed by atoms with E-state index in [2.05, 4.69) is 40.0 Å². The Kier molecular flexibility index (Phi) is 4.53. The van der Waals surface area contributed by atoms with Crippen LogP contribution in [-0.4, -0.2) is 16.2 Å². The zero-order chi connectivity index (χ0) is 13.8. The predicted octanol–water partition coefficient (Wildman–Crippen LogP) is 4.20. The van der Waals surface area contributed by atoms with Gasteiger partial charge in [0, 0.05) is 18.2 Å². The number of aromatic amines is 1. The fourth-order valence-electron chi connectivity index (χ4n) is 3.15. The van der Waals surface area contributed by atoms with Crippen molar-refractivity contribution in [2.45, 2.75) is 51.6 Å². The van der Waals surface area contributed by atoms with Crippen molar-refractivity contribution in [3.05, 3.63) is 29.3 Å². The summed E-state index contributed by atoms with van der Waals surface area (Å²) in [6.07, 6.45) is 8.96. The molecule has 0 amide bonds. The highest BCUT2D eigenvalue weighted by molar-refractivity contribution is 7.13. The van der Waals surface area contributed by atoms with Crippen LogP contribution in [0.25, 0.3) is 10.6 Å². The molecule has 1 aliphatic carbocycles. The van der Waals surface area contributed by atoms with Crippen LogP contribution in [0.3, 0.4) is 0 Å². The third-order valence-corrected chi connectivity index (χ3v) is 5.34. The van der Waals surface area contributed by atoms with Gasteiger partial charge in [-0.25, -0.2) is 0 Å². The summed E-state index contributed by atoms with van der Waals surface area (Å²) in [7, 11) is 0. The zero-order valence-electron chi connectivity index (χ0n) is 12.1. The van der Waals surface area contributed by atoms with Crippen molar-refractivity contribution in [3.8, 4) is 10.6 Å². The molecular weight excluding hydrogens is 266 g/mol. The average molecular weight is 289 g/mol. The van der Waals surface area contributed by atoms with Gasteiger partial charge in [0.25, 0.3) is 0 Å². The second-order valence-electron chi connectivity index (χ2n) is 5.82. The maximum Gasteiger partial charge on any atom is 0.0794 e. The molecule has 108 valence electrons. The summed E-state index contributed by atoms with van der Waals surface area (Å²) in [5.74, 6) is 0.848. The molecule has 0 saturated heterocycles. The lowest BCUT2D eigenvalue weighted by molar-refractivity contribution is 0.281. The number of nitrogens with one attached hydrogen (secondary N) is 2. The number of rotatable bonds is 5. The third-order valence-electron chi connectivity index (χ3n) is 4.46. The molecule has 0 aliphatic heterocycles. The predicted molar refractivity (Wildman–Crippen MR) is 84.8 cm³/mol. The van der Waals surface area contributed by atoms with Gasteiger partial charge < -0.3 is 5.32 Å². The minimum atomic E-state index is 0.599. The molecule has 2 heterocycles. The van der Waals surface area contributed by atoms with Gasteiger partial charge >= 0.3 is 0 Å². The van der Waals surface area contributed by atoms with Crippen molar-refractivity contribution >= 4 is 11.3 Å². The summed E-state index contributed by atoms with van der Waals surface area (Å²) < 4.78 is 0. The van der Waals surface area contributed by atoms with Gasteiger partial charge in [0.1, 0.15) is 0 Å². The fourth-order valence-corrected chi connectivity index (χ4v) is 3.91. The van der Waals surface area contributed by atoms with Crippen LogP contribution in [0.15, 0.2) is 23.7 Å². The first-order valence-electron chi connectivity index (χ1n) is 7.64. The van der Waals surface area contributed by atoms with Crippen LogP contribution in [-0.2, 0) is 6.54 Å². The van der Waals surface area contributed by atoms with Gasteiger partial charge in [0.2, 0.25) is 0 Å². The molecule has 4 heteroatoms. The zero-order valence-corrected chi connectivity index (χ0v) is 12.9. The molecule has 3 rings (SSSR count). The molecule has 0 unspecified atom stereocenters. The molecule has 1 saturated carbocycles. The Labute approximate surface area is 124 Å². The Morgan fingerprint density at radius 3 is 3.00 bits per heavy atom. The molecule has 0 aromatic carbocycles. The van der Waals surface area contributed by atoms with Crippen molar-refractivity contribution in [2.75, 3.05) is 0 Å². The molecule has 0 radical (unpaired) electrons. The molecule has 2 aromatic rings. The summed E-state index contributed by atoms with van der Waals surface area (Å²) in [6, 6.07) is 4.83. The van der Waals surface area contributed by atoms with Gasteiger partial charge in [-0.15, -0.1) is 11.3 Å². The Morgan fingerprint density at radius 2 is 2.25 bits per heavy atom. The minimum Gasteiger partial charge on any atom is -0.310 e. The molecular formula is C16H23N3S. The lowest BCUT2D eigenvalue weighted by Crippen LogP contribution is -2.34. The molecule has 0 spiro atoms. The van der Waals surface area contributed by atoms with Crippen molar-refractivity contribution in [2.24, 2.45) is 5.92 Å². The number of thiophene rings is 1. The quantitative estimate of drug-likeness (QED) is 0.866. The average Bonchev–Trinajstić information content (AvgIpc) is 3.16.